The summed E-state index contributed by atoms with van der Waals surface area (Å²) in [6.07, 6.45) is 3.87. The fraction of sp³-hybridized carbons (Fsp3) is 0.562. The van der Waals surface area contributed by atoms with Crippen LogP contribution in [-0.4, -0.2) is 36.5 Å². The van der Waals surface area contributed by atoms with Crippen molar-refractivity contribution >= 4 is 11.6 Å². The van der Waals surface area contributed by atoms with E-state index in [0.29, 0.717) is 23.8 Å². The fourth-order valence-corrected chi connectivity index (χ4v) is 2.71. The van der Waals surface area contributed by atoms with Crippen molar-refractivity contribution in [2.45, 2.75) is 39.2 Å². The number of amides is 1. The van der Waals surface area contributed by atoms with Gasteiger partial charge in [0.15, 0.2) is 0 Å². The number of aryl methyl sites for hydroxylation is 1. The Kier molecular flexibility index (Phi) is 5.01. The number of hydrogen-bond acceptors (Lipinski definition) is 3. The smallest absolute Gasteiger partial charge is 0.251 e. The highest BCUT2D eigenvalue weighted by Gasteiger charge is 2.17. The van der Waals surface area contributed by atoms with Gasteiger partial charge >= 0.3 is 0 Å². The zero-order valence-electron chi connectivity index (χ0n) is 12.5. The van der Waals surface area contributed by atoms with Crippen LogP contribution in [0.4, 0.5) is 5.69 Å². The molecule has 2 rings (SSSR count). The van der Waals surface area contributed by atoms with E-state index < -0.39 is 0 Å². The summed E-state index contributed by atoms with van der Waals surface area (Å²) in [4.78, 5) is 14.7. The summed E-state index contributed by atoms with van der Waals surface area (Å²) in [5.74, 6) is -0.0290. The predicted molar refractivity (Wildman–Crippen MR) is 82.8 cm³/mol. The lowest BCUT2D eigenvalue weighted by molar-refractivity contribution is 0.0929. The zero-order chi connectivity index (χ0) is 14.5. The van der Waals surface area contributed by atoms with Crippen molar-refractivity contribution in [1.82, 2.24) is 10.2 Å². The minimum Gasteiger partial charge on any atom is -0.399 e. The molecule has 0 spiro atoms. The number of piperidine rings is 1. The first-order chi connectivity index (χ1) is 9.58. The van der Waals surface area contributed by atoms with Gasteiger partial charge < -0.3 is 11.1 Å². The van der Waals surface area contributed by atoms with E-state index in [4.69, 9.17) is 5.73 Å². The van der Waals surface area contributed by atoms with Gasteiger partial charge in [0.05, 0.1) is 0 Å². The molecule has 4 heteroatoms. The third-order valence-corrected chi connectivity index (χ3v) is 4.08. The molecule has 110 valence electrons. The van der Waals surface area contributed by atoms with Crippen molar-refractivity contribution in [2.75, 3.05) is 25.4 Å². The Labute approximate surface area is 121 Å². The Morgan fingerprint density at radius 3 is 2.75 bits per heavy atom. The first kappa shape index (κ1) is 14.9. The van der Waals surface area contributed by atoms with Gasteiger partial charge in [0.25, 0.3) is 5.91 Å². The Bertz CT molecular complexity index is 467. The third kappa shape index (κ3) is 3.73. The minimum absolute atomic E-state index is 0.0290. The molecule has 3 N–H and O–H groups in total. The second-order valence-corrected chi connectivity index (χ2v) is 5.73. The first-order valence-electron chi connectivity index (χ1n) is 7.46. The molecule has 1 aliphatic heterocycles. The molecule has 1 amide bonds. The number of nitrogens with zero attached hydrogens (tertiary/aromatic N) is 1. The van der Waals surface area contributed by atoms with Crippen molar-refractivity contribution < 1.29 is 4.79 Å². The number of nitrogen functional groups attached to an aromatic ring is 1. The molecule has 20 heavy (non-hydrogen) atoms. The topological polar surface area (TPSA) is 58.4 Å². The molecule has 1 heterocycles. The molecular formula is C16H25N3O. The molecule has 0 aromatic heterocycles. The number of rotatable bonds is 4. The highest BCUT2D eigenvalue weighted by atomic mass is 16.1. The average molecular weight is 275 g/mol. The van der Waals surface area contributed by atoms with E-state index >= 15 is 0 Å². The SMILES string of the molecule is Cc1ccc(N)cc1C(=O)NCC(C)N1CCCCC1. The van der Waals surface area contributed by atoms with Crippen molar-refractivity contribution in [3.05, 3.63) is 29.3 Å². The summed E-state index contributed by atoms with van der Waals surface area (Å²) in [5.41, 5.74) is 8.02. The maximum Gasteiger partial charge on any atom is 0.251 e. The molecule has 0 saturated carbocycles. The first-order valence-corrected chi connectivity index (χ1v) is 7.46. The lowest BCUT2D eigenvalue weighted by Crippen LogP contribution is -2.44. The van der Waals surface area contributed by atoms with Crippen LogP contribution < -0.4 is 11.1 Å². The van der Waals surface area contributed by atoms with Crippen molar-refractivity contribution in [3.63, 3.8) is 0 Å². The minimum atomic E-state index is -0.0290. The van der Waals surface area contributed by atoms with E-state index in [1.54, 1.807) is 6.07 Å². The van der Waals surface area contributed by atoms with Crippen LogP contribution in [0.1, 0.15) is 42.1 Å². The van der Waals surface area contributed by atoms with Crippen LogP contribution in [0.2, 0.25) is 0 Å². The highest BCUT2D eigenvalue weighted by molar-refractivity contribution is 5.96. The molecule has 4 nitrogen and oxygen atoms in total. The van der Waals surface area contributed by atoms with Gasteiger partial charge in [0, 0.05) is 23.8 Å². The molecule has 0 radical (unpaired) electrons. The monoisotopic (exact) mass is 275 g/mol. The maximum atomic E-state index is 12.2. The van der Waals surface area contributed by atoms with Gasteiger partial charge in [0.2, 0.25) is 0 Å². The largest absolute Gasteiger partial charge is 0.399 e. The molecular weight excluding hydrogens is 250 g/mol. The van der Waals surface area contributed by atoms with Gasteiger partial charge in [-0.05, 0) is 57.5 Å². The van der Waals surface area contributed by atoms with Crippen LogP contribution in [-0.2, 0) is 0 Å². The van der Waals surface area contributed by atoms with Gasteiger partial charge in [-0.3, -0.25) is 9.69 Å². The number of benzene rings is 1. The van der Waals surface area contributed by atoms with Crippen LogP contribution in [0, 0.1) is 6.92 Å². The lowest BCUT2D eigenvalue weighted by Gasteiger charge is -2.32. The Balaban J connectivity index is 1.89. The molecule has 1 saturated heterocycles. The number of nitrogens with one attached hydrogen (secondary N) is 1. The quantitative estimate of drug-likeness (QED) is 0.828. The molecule has 1 unspecified atom stereocenters. The van der Waals surface area contributed by atoms with E-state index in [2.05, 4.69) is 17.1 Å². The predicted octanol–water partition coefficient (Wildman–Crippen LogP) is 2.18. The van der Waals surface area contributed by atoms with E-state index in [0.717, 1.165) is 18.7 Å². The van der Waals surface area contributed by atoms with Crippen LogP contribution >= 0.6 is 0 Å². The van der Waals surface area contributed by atoms with Crippen molar-refractivity contribution in [3.8, 4) is 0 Å². The Hall–Kier alpha value is -1.55. The van der Waals surface area contributed by atoms with Crippen molar-refractivity contribution in [2.24, 2.45) is 0 Å². The second-order valence-electron chi connectivity index (χ2n) is 5.73. The fourth-order valence-electron chi connectivity index (χ4n) is 2.71. The number of anilines is 1. The van der Waals surface area contributed by atoms with Gasteiger partial charge in [-0.1, -0.05) is 12.5 Å². The molecule has 1 aromatic rings. The van der Waals surface area contributed by atoms with Crippen LogP contribution in [0.15, 0.2) is 18.2 Å². The van der Waals surface area contributed by atoms with Gasteiger partial charge in [-0.25, -0.2) is 0 Å². The van der Waals surface area contributed by atoms with Gasteiger partial charge in [-0.2, -0.15) is 0 Å². The second kappa shape index (κ2) is 6.75. The van der Waals surface area contributed by atoms with E-state index in [-0.39, 0.29) is 5.91 Å². The standard InChI is InChI=1S/C16H25N3O/c1-12-6-7-14(17)10-15(12)16(20)18-11-13(2)19-8-4-3-5-9-19/h6-7,10,13H,3-5,8-9,11,17H2,1-2H3,(H,18,20). The molecule has 1 fully saturated rings. The number of likely N-dealkylation sites (tertiary alicyclic amines) is 1. The molecule has 1 atom stereocenters. The third-order valence-electron chi connectivity index (χ3n) is 4.08. The highest BCUT2D eigenvalue weighted by Crippen LogP contribution is 2.14. The van der Waals surface area contributed by atoms with Gasteiger partial charge in [-0.15, -0.1) is 0 Å². The molecule has 1 aliphatic rings. The number of nitrogens with two attached hydrogens (primary N) is 1. The van der Waals surface area contributed by atoms with Crippen LogP contribution in [0.25, 0.3) is 0 Å². The number of carbonyl (C=O) groups is 1. The normalized spacial score (nSPS) is 17.7. The summed E-state index contributed by atoms with van der Waals surface area (Å²) in [6.45, 7) is 7.09. The van der Waals surface area contributed by atoms with E-state index in [1.807, 2.05) is 19.1 Å². The maximum absolute atomic E-state index is 12.2. The zero-order valence-corrected chi connectivity index (χ0v) is 12.5. The Morgan fingerprint density at radius 2 is 2.05 bits per heavy atom. The molecule has 1 aromatic carbocycles. The summed E-state index contributed by atoms with van der Waals surface area (Å²) >= 11 is 0. The summed E-state index contributed by atoms with van der Waals surface area (Å²) in [5, 5.41) is 3.03. The summed E-state index contributed by atoms with van der Waals surface area (Å²) in [7, 11) is 0. The molecule has 0 bridgehead atoms. The summed E-state index contributed by atoms with van der Waals surface area (Å²) in [6, 6.07) is 5.84. The van der Waals surface area contributed by atoms with E-state index in [1.165, 1.54) is 19.3 Å². The number of hydrogen-bond donors (Lipinski definition) is 2. The summed E-state index contributed by atoms with van der Waals surface area (Å²) < 4.78 is 0. The average Bonchev–Trinajstić information content (AvgIpc) is 2.47. The van der Waals surface area contributed by atoms with Crippen molar-refractivity contribution in [1.29, 1.82) is 0 Å². The van der Waals surface area contributed by atoms with Crippen LogP contribution in [0.5, 0.6) is 0 Å². The van der Waals surface area contributed by atoms with Crippen LogP contribution in [0.3, 0.4) is 0 Å². The number of carbonyl (C=O) groups excluding carboxylic acids is 1. The Morgan fingerprint density at radius 1 is 1.35 bits per heavy atom. The lowest BCUT2D eigenvalue weighted by atomic mass is 10.1. The molecule has 0 aliphatic carbocycles. The van der Waals surface area contributed by atoms with Gasteiger partial charge in [0.1, 0.15) is 0 Å². The van der Waals surface area contributed by atoms with E-state index in [9.17, 15) is 4.79 Å².